The molecule has 8 nitrogen and oxygen atoms in total. The highest BCUT2D eigenvalue weighted by Crippen LogP contribution is 2.43. The van der Waals surface area contributed by atoms with Crippen LogP contribution in [0.15, 0.2) is 6.07 Å². The van der Waals surface area contributed by atoms with Crippen LogP contribution in [-0.2, 0) is 0 Å². The summed E-state index contributed by atoms with van der Waals surface area (Å²) in [5.41, 5.74) is 12.0. The monoisotopic (exact) mass is 384 g/mol. The van der Waals surface area contributed by atoms with Crippen molar-refractivity contribution in [3.05, 3.63) is 16.7 Å². The Balaban J connectivity index is 1.65. The molecule has 1 amide bonds. The number of rotatable bonds is 5. The Morgan fingerprint density at radius 2 is 2.12 bits per heavy atom. The summed E-state index contributed by atoms with van der Waals surface area (Å²) >= 11 is 6.14. The van der Waals surface area contributed by atoms with Gasteiger partial charge in [0.25, 0.3) is 5.91 Å². The molecule has 2 heterocycles. The first-order chi connectivity index (χ1) is 12.5. The number of carbonyl (C=O) groups excluding carboxylic acids is 1. The number of hydrogen-bond donors (Lipinski definition) is 4. The first-order valence-corrected chi connectivity index (χ1v) is 9.15. The Labute approximate surface area is 157 Å². The van der Waals surface area contributed by atoms with Gasteiger partial charge < -0.3 is 31.4 Å². The quantitative estimate of drug-likeness (QED) is 0.529. The van der Waals surface area contributed by atoms with Crippen LogP contribution in [-0.4, -0.2) is 68.0 Å². The Kier molecular flexibility index (Phi) is 6.08. The molecule has 1 aromatic rings. The summed E-state index contributed by atoms with van der Waals surface area (Å²) in [7, 11) is 0. The van der Waals surface area contributed by atoms with Crippen molar-refractivity contribution in [3.63, 3.8) is 0 Å². The van der Waals surface area contributed by atoms with E-state index in [1.165, 1.54) is 6.07 Å². The highest BCUT2D eigenvalue weighted by atomic mass is 35.5. The van der Waals surface area contributed by atoms with Crippen LogP contribution in [0.25, 0.3) is 0 Å². The predicted molar refractivity (Wildman–Crippen MR) is 98.8 cm³/mol. The minimum atomic E-state index is -0.501. The number of piperidine rings is 1. The highest BCUT2D eigenvalue weighted by molar-refractivity contribution is 6.35. The fraction of sp³-hybridized carbons (Fsp3) is 0.588. The normalized spacial score (nSPS) is 22.9. The molecule has 1 fully saturated rings. The second-order valence-electron chi connectivity index (χ2n) is 6.60. The molecule has 2 aliphatic rings. The lowest BCUT2D eigenvalue weighted by Gasteiger charge is -2.35. The minimum Gasteiger partial charge on any atom is -0.485 e. The molecule has 3 rings (SSSR count). The molecule has 0 aromatic heterocycles. The van der Waals surface area contributed by atoms with E-state index >= 15 is 0 Å². The average Bonchev–Trinajstić information content (AvgIpc) is 2.64. The van der Waals surface area contributed by atoms with Crippen molar-refractivity contribution in [1.82, 2.24) is 10.2 Å². The summed E-state index contributed by atoms with van der Waals surface area (Å²) in [5.74, 6) is 0.279. The zero-order valence-electron chi connectivity index (χ0n) is 14.5. The molecule has 0 aliphatic carbocycles. The summed E-state index contributed by atoms with van der Waals surface area (Å²) in [4.78, 5) is 14.8. The number of amides is 1. The van der Waals surface area contributed by atoms with Gasteiger partial charge in [-0.3, -0.25) is 9.69 Å². The average molecular weight is 385 g/mol. The van der Waals surface area contributed by atoms with Gasteiger partial charge in [0.1, 0.15) is 18.2 Å². The number of hydrogen-bond acceptors (Lipinski definition) is 7. The van der Waals surface area contributed by atoms with Gasteiger partial charge in [0, 0.05) is 32.1 Å². The molecule has 144 valence electrons. The molecular formula is C17H25ClN4O4. The Morgan fingerprint density at radius 3 is 2.81 bits per heavy atom. The summed E-state index contributed by atoms with van der Waals surface area (Å²) < 4.78 is 11.1. The van der Waals surface area contributed by atoms with Gasteiger partial charge in [0.2, 0.25) is 0 Å². The Morgan fingerprint density at radius 1 is 1.38 bits per heavy atom. The van der Waals surface area contributed by atoms with Gasteiger partial charge in [-0.1, -0.05) is 11.6 Å². The number of likely N-dealkylation sites (tertiary alicyclic amines) is 1. The van der Waals surface area contributed by atoms with Crippen molar-refractivity contribution in [2.75, 3.05) is 51.7 Å². The number of ether oxygens (including phenoxy) is 2. The van der Waals surface area contributed by atoms with Gasteiger partial charge in [-0.2, -0.15) is 0 Å². The van der Waals surface area contributed by atoms with Crippen LogP contribution in [0.4, 0.5) is 5.69 Å². The highest BCUT2D eigenvalue weighted by Gasteiger charge is 2.29. The summed E-state index contributed by atoms with van der Waals surface area (Å²) in [6.07, 6.45) is 0.293. The lowest BCUT2D eigenvalue weighted by atomic mass is 9.93. The summed E-state index contributed by atoms with van der Waals surface area (Å²) in [6.45, 7) is 3.82. The van der Waals surface area contributed by atoms with E-state index in [1.54, 1.807) is 0 Å². The van der Waals surface area contributed by atoms with E-state index in [-0.39, 0.29) is 28.1 Å². The summed E-state index contributed by atoms with van der Waals surface area (Å²) in [5, 5.41) is 13.4. The van der Waals surface area contributed by atoms with E-state index < -0.39 is 6.10 Å². The number of β-amino-alcohol motifs (C(OH)–C–C–N with tert-alkyl or cyclic N) is 1. The van der Waals surface area contributed by atoms with Crippen LogP contribution in [0.3, 0.4) is 0 Å². The third-order valence-electron chi connectivity index (χ3n) is 4.80. The number of fused-ring (bicyclic) bond motifs is 1. The van der Waals surface area contributed by atoms with E-state index in [0.717, 1.165) is 19.5 Å². The van der Waals surface area contributed by atoms with Crippen molar-refractivity contribution in [2.45, 2.75) is 12.5 Å². The number of aliphatic hydroxyl groups is 1. The fourth-order valence-corrected chi connectivity index (χ4v) is 3.55. The van der Waals surface area contributed by atoms with E-state index in [9.17, 15) is 9.90 Å². The smallest absolute Gasteiger partial charge is 0.255 e. The number of benzene rings is 1. The molecule has 6 N–H and O–H groups in total. The van der Waals surface area contributed by atoms with Gasteiger partial charge >= 0.3 is 0 Å². The number of nitrogens with zero attached hydrogens (tertiary/aromatic N) is 1. The van der Waals surface area contributed by atoms with E-state index in [4.69, 9.17) is 32.5 Å². The largest absolute Gasteiger partial charge is 0.485 e. The van der Waals surface area contributed by atoms with Crippen molar-refractivity contribution in [3.8, 4) is 11.5 Å². The molecule has 2 atom stereocenters. The summed E-state index contributed by atoms with van der Waals surface area (Å²) in [6, 6.07) is 1.49. The lowest BCUT2D eigenvalue weighted by molar-refractivity contribution is 0.0234. The third kappa shape index (κ3) is 3.98. The molecule has 0 saturated carbocycles. The number of nitrogen functional groups attached to an aromatic ring is 1. The minimum absolute atomic E-state index is 0.00869. The lowest BCUT2D eigenvalue weighted by Crippen LogP contribution is -2.48. The topological polar surface area (TPSA) is 123 Å². The number of anilines is 1. The molecule has 0 radical (unpaired) electrons. The van der Waals surface area contributed by atoms with Crippen LogP contribution in [0.5, 0.6) is 11.5 Å². The van der Waals surface area contributed by atoms with Gasteiger partial charge in [-0.15, -0.1) is 0 Å². The van der Waals surface area contributed by atoms with Gasteiger partial charge in [-0.05, 0) is 19.0 Å². The van der Waals surface area contributed by atoms with E-state index in [2.05, 4.69) is 10.2 Å². The van der Waals surface area contributed by atoms with Crippen LogP contribution in [0.1, 0.15) is 16.8 Å². The first kappa shape index (κ1) is 19.0. The van der Waals surface area contributed by atoms with Crippen molar-refractivity contribution in [2.24, 2.45) is 11.7 Å². The molecule has 26 heavy (non-hydrogen) atoms. The fourth-order valence-electron chi connectivity index (χ4n) is 3.35. The molecule has 2 aliphatic heterocycles. The molecule has 9 heteroatoms. The SMILES string of the molecule is NCCN1CC[C@@H](CNC(=O)c2cc(N)c(Cl)c3c2OCCO3)[C@H](O)C1. The number of aliphatic hydroxyl groups excluding tert-OH is 1. The zero-order valence-corrected chi connectivity index (χ0v) is 15.3. The van der Waals surface area contributed by atoms with Crippen LogP contribution in [0.2, 0.25) is 5.02 Å². The van der Waals surface area contributed by atoms with Crippen LogP contribution >= 0.6 is 11.6 Å². The maximum absolute atomic E-state index is 12.6. The second-order valence-corrected chi connectivity index (χ2v) is 6.98. The van der Waals surface area contributed by atoms with Crippen molar-refractivity contribution < 1.29 is 19.4 Å². The second kappa shape index (κ2) is 8.30. The van der Waals surface area contributed by atoms with Crippen molar-refractivity contribution in [1.29, 1.82) is 0 Å². The maximum Gasteiger partial charge on any atom is 0.255 e. The zero-order chi connectivity index (χ0) is 18.7. The van der Waals surface area contributed by atoms with Crippen LogP contribution in [0, 0.1) is 5.92 Å². The van der Waals surface area contributed by atoms with Gasteiger partial charge in [0.15, 0.2) is 11.5 Å². The predicted octanol–water partition coefficient (Wildman–Crippen LogP) is 0.0647. The molecular weight excluding hydrogens is 360 g/mol. The van der Waals surface area contributed by atoms with Gasteiger partial charge in [0.05, 0.1) is 17.4 Å². The molecule has 0 spiro atoms. The van der Waals surface area contributed by atoms with Crippen molar-refractivity contribution >= 4 is 23.2 Å². The third-order valence-corrected chi connectivity index (χ3v) is 5.19. The molecule has 1 aromatic carbocycles. The number of nitrogens with one attached hydrogen (secondary N) is 1. The Hall–Kier alpha value is -1.74. The number of nitrogens with two attached hydrogens (primary N) is 2. The molecule has 0 unspecified atom stereocenters. The molecule has 1 saturated heterocycles. The van der Waals surface area contributed by atoms with Gasteiger partial charge in [-0.25, -0.2) is 0 Å². The van der Waals surface area contributed by atoms with E-state index in [1.807, 2.05) is 0 Å². The maximum atomic E-state index is 12.6. The van der Waals surface area contributed by atoms with E-state index in [0.29, 0.717) is 44.3 Å². The number of halogens is 1. The number of carbonyl (C=O) groups is 1. The Bertz CT molecular complexity index is 673. The standard InChI is InChI=1S/C17H25ClN4O4/c18-14-12(20)7-11(15-16(14)26-6-5-25-15)17(24)21-8-10-1-3-22(4-2-19)9-13(10)23/h7,10,13,23H,1-6,8-9,19-20H2,(H,21,24)/t10-,13+/m0/s1. The first-order valence-electron chi connectivity index (χ1n) is 8.77. The van der Waals surface area contributed by atoms with Crippen LogP contribution < -0.4 is 26.3 Å². The molecule has 0 bridgehead atoms.